The van der Waals surface area contributed by atoms with E-state index in [-0.39, 0.29) is 33.5 Å². The van der Waals surface area contributed by atoms with E-state index in [2.05, 4.69) is 10.0 Å². The molecule has 0 bridgehead atoms. The molecule has 1 amide bonds. The lowest BCUT2D eigenvalue weighted by Gasteiger charge is -2.20. The highest BCUT2D eigenvalue weighted by Crippen LogP contribution is 2.27. The van der Waals surface area contributed by atoms with Gasteiger partial charge in [-0.05, 0) is 47.9 Å². The number of ether oxygens (including phenoxy) is 1. The molecule has 0 heterocycles. The van der Waals surface area contributed by atoms with Gasteiger partial charge in [0.25, 0.3) is 0 Å². The highest BCUT2D eigenvalue weighted by atomic mass is 35.5. The summed E-state index contributed by atoms with van der Waals surface area (Å²) in [6.07, 6.45) is 0.0921. The molecule has 0 radical (unpaired) electrons. The summed E-state index contributed by atoms with van der Waals surface area (Å²) in [4.78, 5) is 13.1. The SMILES string of the molecule is COc1ccc(Cl)cc1S(=O)(=O)NC(Cc1ccccc1)C(=O)NCc1ccc(S(=O)(=O)N(C)C)cc1. The number of hydrogen-bond acceptors (Lipinski definition) is 6. The average Bonchev–Trinajstić information content (AvgIpc) is 2.87. The van der Waals surface area contributed by atoms with Crippen molar-refractivity contribution in [3.63, 3.8) is 0 Å². The number of benzene rings is 3. The van der Waals surface area contributed by atoms with Gasteiger partial charge in [0, 0.05) is 25.7 Å². The van der Waals surface area contributed by atoms with E-state index in [1.165, 1.54) is 51.5 Å². The van der Waals surface area contributed by atoms with E-state index in [0.717, 1.165) is 9.87 Å². The van der Waals surface area contributed by atoms with Crippen LogP contribution in [0.1, 0.15) is 11.1 Å². The van der Waals surface area contributed by atoms with Crippen molar-refractivity contribution in [3.05, 3.63) is 88.9 Å². The molecule has 12 heteroatoms. The van der Waals surface area contributed by atoms with Gasteiger partial charge in [-0.15, -0.1) is 0 Å². The van der Waals surface area contributed by atoms with E-state index >= 15 is 0 Å². The van der Waals surface area contributed by atoms with Crippen molar-refractivity contribution < 1.29 is 26.4 Å². The fourth-order valence-electron chi connectivity index (χ4n) is 3.45. The second kappa shape index (κ2) is 12.1. The Labute approximate surface area is 222 Å². The first-order valence-corrected chi connectivity index (χ1v) is 14.4. The van der Waals surface area contributed by atoms with Gasteiger partial charge >= 0.3 is 0 Å². The molecule has 0 fully saturated rings. The summed E-state index contributed by atoms with van der Waals surface area (Å²) < 4.78 is 59.8. The number of methoxy groups -OCH3 is 1. The Bertz CT molecular complexity index is 1450. The Morgan fingerprint density at radius 3 is 2.19 bits per heavy atom. The minimum Gasteiger partial charge on any atom is -0.495 e. The van der Waals surface area contributed by atoms with Crippen LogP contribution in [0.2, 0.25) is 5.02 Å². The maximum absolute atomic E-state index is 13.2. The number of carbonyl (C=O) groups is 1. The minimum atomic E-state index is -4.19. The standard InChI is InChI=1S/C25H28ClN3O6S2/c1-29(2)37(33,34)21-12-9-19(10-13-21)17-27-25(30)22(15-18-7-5-4-6-8-18)28-36(31,32)24-16-20(26)11-14-23(24)35-3/h4-14,16,22,28H,15,17H2,1-3H3,(H,27,30). The van der Waals surface area contributed by atoms with Gasteiger partial charge in [0.05, 0.1) is 12.0 Å². The van der Waals surface area contributed by atoms with E-state index in [0.29, 0.717) is 5.56 Å². The molecule has 0 saturated heterocycles. The van der Waals surface area contributed by atoms with Gasteiger partial charge < -0.3 is 10.1 Å². The first kappa shape index (κ1) is 28.6. The molecule has 9 nitrogen and oxygen atoms in total. The third-order valence-electron chi connectivity index (χ3n) is 5.48. The smallest absolute Gasteiger partial charge is 0.245 e. The first-order chi connectivity index (χ1) is 17.4. The van der Waals surface area contributed by atoms with Crippen molar-refractivity contribution in [3.8, 4) is 5.75 Å². The number of sulfonamides is 2. The number of rotatable bonds is 11. The monoisotopic (exact) mass is 565 g/mol. The van der Waals surface area contributed by atoms with E-state index in [9.17, 15) is 21.6 Å². The fourth-order valence-corrected chi connectivity index (χ4v) is 5.98. The molecule has 3 aromatic rings. The van der Waals surface area contributed by atoms with Crippen LogP contribution in [0.15, 0.2) is 82.6 Å². The summed E-state index contributed by atoms with van der Waals surface area (Å²) in [5, 5.41) is 2.93. The van der Waals surface area contributed by atoms with Crippen molar-refractivity contribution in [1.82, 2.24) is 14.3 Å². The molecule has 0 saturated carbocycles. The largest absolute Gasteiger partial charge is 0.495 e. The van der Waals surface area contributed by atoms with Crippen molar-refractivity contribution >= 4 is 37.6 Å². The molecule has 0 aliphatic heterocycles. The van der Waals surface area contributed by atoms with Crippen LogP contribution >= 0.6 is 11.6 Å². The Hall–Kier alpha value is -2.96. The number of amides is 1. The number of halogens is 1. The first-order valence-electron chi connectivity index (χ1n) is 11.1. The molecule has 0 aliphatic rings. The predicted molar refractivity (Wildman–Crippen MR) is 141 cm³/mol. The summed E-state index contributed by atoms with van der Waals surface area (Å²) in [6, 6.07) is 18.1. The predicted octanol–water partition coefficient (Wildman–Crippen LogP) is 2.80. The minimum absolute atomic E-state index is 0.0641. The molecule has 3 rings (SSSR count). The molecule has 2 N–H and O–H groups in total. The molecular formula is C25H28ClN3O6S2. The maximum Gasteiger partial charge on any atom is 0.245 e. The highest BCUT2D eigenvalue weighted by molar-refractivity contribution is 7.89. The second-order valence-electron chi connectivity index (χ2n) is 8.31. The van der Waals surface area contributed by atoms with Crippen molar-refractivity contribution in [2.24, 2.45) is 0 Å². The lowest BCUT2D eigenvalue weighted by Crippen LogP contribution is -2.47. The Balaban J connectivity index is 1.81. The number of nitrogens with zero attached hydrogens (tertiary/aromatic N) is 1. The number of nitrogens with one attached hydrogen (secondary N) is 2. The number of hydrogen-bond donors (Lipinski definition) is 2. The van der Waals surface area contributed by atoms with E-state index in [1.54, 1.807) is 36.4 Å². The van der Waals surface area contributed by atoms with E-state index in [4.69, 9.17) is 16.3 Å². The van der Waals surface area contributed by atoms with Crippen LogP contribution in [0.3, 0.4) is 0 Å². The topological polar surface area (TPSA) is 122 Å². The molecule has 37 heavy (non-hydrogen) atoms. The molecule has 0 aliphatic carbocycles. The summed E-state index contributed by atoms with van der Waals surface area (Å²) in [7, 11) is -3.55. The van der Waals surface area contributed by atoms with Crippen LogP contribution in [0.5, 0.6) is 5.75 Å². The zero-order chi connectivity index (χ0) is 27.2. The quantitative estimate of drug-likeness (QED) is 0.369. The van der Waals surface area contributed by atoms with Crippen molar-refractivity contribution in [2.45, 2.75) is 28.8 Å². The summed E-state index contributed by atoms with van der Waals surface area (Å²) >= 11 is 6.02. The van der Waals surface area contributed by atoms with Gasteiger partial charge in [-0.2, -0.15) is 4.72 Å². The highest BCUT2D eigenvalue weighted by Gasteiger charge is 2.28. The lowest BCUT2D eigenvalue weighted by atomic mass is 10.1. The molecule has 1 atom stereocenters. The van der Waals surface area contributed by atoms with Crippen LogP contribution in [0, 0.1) is 0 Å². The Morgan fingerprint density at radius 2 is 1.59 bits per heavy atom. The third kappa shape index (κ3) is 7.30. The van der Waals surface area contributed by atoms with Gasteiger partial charge in [0.15, 0.2) is 0 Å². The van der Waals surface area contributed by atoms with Gasteiger partial charge in [-0.25, -0.2) is 21.1 Å². The normalized spacial score (nSPS) is 12.8. The fraction of sp³-hybridized carbons (Fsp3) is 0.240. The molecule has 0 aromatic heterocycles. The Morgan fingerprint density at radius 1 is 0.946 bits per heavy atom. The zero-order valence-corrected chi connectivity index (χ0v) is 22.9. The van der Waals surface area contributed by atoms with Crippen molar-refractivity contribution in [2.75, 3.05) is 21.2 Å². The van der Waals surface area contributed by atoms with Gasteiger partial charge in [0.1, 0.15) is 16.7 Å². The molecule has 0 spiro atoms. The van der Waals surface area contributed by atoms with Crippen LogP contribution in [-0.4, -0.2) is 54.3 Å². The van der Waals surface area contributed by atoms with E-state index < -0.39 is 32.0 Å². The average molecular weight is 566 g/mol. The van der Waals surface area contributed by atoms with Gasteiger partial charge in [0.2, 0.25) is 26.0 Å². The Kier molecular flexibility index (Phi) is 9.32. The second-order valence-corrected chi connectivity index (χ2v) is 12.6. The van der Waals surface area contributed by atoms with Crippen LogP contribution in [0.4, 0.5) is 0 Å². The molecule has 198 valence electrons. The van der Waals surface area contributed by atoms with Crippen LogP contribution in [0.25, 0.3) is 0 Å². The number of carbonyl (C=O) groups excluding carboxylic acids is 1. The molecule has 1 unspecified atom stereocenters. The van der Waals surface area contributed by atoms with Crippen LogP contribution < -0.4 is 14.8 Å². The summed E-state index contributed by atoms with van der Waals surface area (Å²) in [5.41, 5.74) is 1.39. The molecular weight excluding hydrogens is 538 g/mol. The van der Waals surface area contributed by atoms with Gasteiger partial charge in [-0.3, -0.25) is 4.79 Å². The van der Waals surface area contributed by atoms with E-state index in [1.807, 2.05) is 6.07 Å². The maximum atomic E-state index is 13.2. The van der Waals surface area contributed by atoms with Gasteiger partial charge in [-0.1, -0.05) is 54.1 Å². The third-order valence-corrected chi connectivity index (χ3v) is 9.04. The summed E-state index contributed by atoms with van der Waals surface area (Å²) in [6.45, 7) is 0.0641. The van der Waals surface area contributed by atoms with Crippen LogP contribution in [-0.2, 0) is 37.8 Å². The van der Waals surface area contributed by atoms with Crippen molar-refractivity contribution in [1.29, 1.82) is 0 Å². The lowest BCUT2D eigenvalue weighted by molar-refractivity contribution is -0.122. The summed E-state index contributed by atoms with van der Waals surface area (Å²) in [5.74, 6) is -0.470. The molecule has 3 aromatic carbocycles. The zero-order valence-electron chi connectivity index (χ0n) is 20.5.